The molecule has 0 saturated heterocycles. The van der Waals surface area contributed by atoms with Crippen LogP contribution in [0.3, 0.4) is 0 Å². The lowest BCUT2D eigenvalue weighted by Gasteiger charge is -2.22. The Labute approximate surface area is 111 Å². The molecule has 1 aromatic rings. The minimum absolute atomic E-state index is 0.189. The second-order valence-electron chi connectivity index (χ2n) is 4.84. The van der Waals surface area contributed by atoms with Crippen molar-refractivity contribution in [3.8, 4) is 0 Å². The van der Waals surface area contributed by atoms with Crippen molar-refractivity contribution in [2.24, 2.45) is 16.8 Å². The van der Waals surface area contributed by atoms with Crippen molar-refractivity contribution in [3.63, 3.8) is 0 Å². The number of carbonyl (C=O) groups excluding carboxylic acids is 1. The summed E-state index contributed by atoms with van der Waals surface area (Å²) >= 11 is 1.68. The number of rotatable bonds is 2. The predicted molar refractivity (Wildman–Crippen MR) is 76.0 cm³/mol. The number of nitrogens with zero attached hydrogens (tertiary/aromatic N) is 2. The molecule has 0 aromatic heterocycles. The molecule has 1 saturated carbocycles. The van der Waals surface area contributed by atoms with Gasteiger partial charge in [0.15, 0.2) is 5.17 Å². The van der Waals surface area contributed by atoms with Gasteiger partial charge in [0.05, 0.1) is 12.2 Å². The van der Waals surface area contributed by atoms with Crippen molar-refractivity contribution in [2.75, 3.05) is 17.2 Å². The minimum Gasteiger partial charge on any atom is -0.274 e. The van der Waals surface area contributed by atoms with Gasteiger partial charge in [-0.05, 0) is 24.5 Å². The minimum atomic E-state index is 0.189. The molecule has 0 spiro atoms. The summed E-state index contributed by atoms with van der Waals surface area (Å²) in [6, 6.07) is 9.85. The number of benzene rings is 1. The molecule has 1 aromatic carbocycles. The fourth-order valence-electron chi connectivity index (χ4n) is 2.20. The van der Waals surface area contributed by atoms with Gasteiger partial charge in [0.1, 0.15) is 0 Å². The van der Waals surface area contributed by atoms with Gasteiger partial charge in [-0.3, -0.25) is 14.7 Å². The monoisotopic (exact) mass is 260 g/mol. The van der Waals surface area contributed by atoms with Crippen molar-refractivity contribution >= 4 is 28.5 Å². The SMILES string of the molecule is C[C@@H]1C[C@H]1C(=O)N(C1=NCCS1)c1ccccc1. The number of amides is 1. The van der Waals surface area contributed by atoms with Crippen molar-refractivity contribution < 1.29 is 4.79 Å². The average Bonchev–Trinajstić information content (AvgIpc) is 2.90. The molecule has 3 rings (SSSR count). The number of carbonyl (C=O) groups is 1. The molecular weight excluding hydrogens is 244 g/mol. The van der Waals surface area contributed by atoms with Gasteiger partial charge in [-0.25, -0.2) is 0 Å². The zero-order valence-corrected chi connectivity index (χ0v) is 11.2. The van der Waals surface area contributed by atoms with Crippen molar-refractivity contribution in [3.05, 3.63) is 30.3 Å². The van der Waals surface area contributed by atoms with E-state index in [1.165, 1.54) is 0 Å². The molecule has 0 N–H and O–H groups in total. The zero-order valence-electron chi connectivity index (χ0n) is 10.4. The second kappa shape index (κ2) is 4.76. The number of hydrogen-bond acceptors (Lipinski definition) is 3. The molecule has 0 bridgehead atoms. The van der Waals surface area contributed by atoms with Crippen LogP contribution in [-0.4, -0.2) is 23.4 Å². The first-order chi connectivity index (χ1) is 8.77. The van der Waals surface area contributed by atoms with E-state index in [9.17, 15) is 4.79 Å². The van der Waals surface area contributed by atoms with E-state index in [0.29, 0.717) is 5.92 Å². The zero-order chi connectivity index (χ0) is 12.5. The molecule has 18 heavy (non-hydrogen) atoms. The lowest BCUT2D eigenvalue weighted by Crippen LogP contribution is -2.36. The van der Waals surface area contributed by atoms with Gasteiger partial charge in [0.2, 0.25) is 5.91 Å². The van der Waals surface area contributed by atoms with E-state index in [1.807, 2.05) is 35.2 Å². The highest BCUT2D eigenvalue weighted by molar-refractivity contribution is 8.14. The van der Waals surface area contributed by atoms with Crippen LogP contribution in [0.2, 0.25) is 0 Å². The molecule has 0 radical (unpaired) electrons. The molecule has 3 nitrogen and oxygen atoms in total. The molecule has 1 heterocycles. The van der Waals surface area contributed by atoms with E-state index < -0.39 is 0 Å². The lowest BCUT2D eigenvalue weighted by atomic mass is 10.2. The highest BCUT2D eigenvalue weighted by Crippen LogP contribution is 2.41. The van der Waals surface area contributed by atoms with E-state index in [-0.39, 0.29) is 11.8 Å². The maximum atomic E-state index is 12.5. The van der Waals surface area contributed by atoms with Crippen LogP contribution < -0.4 is 4.90 Å². The Morgan fingerprint density at radius 1 is 1.39 bits per heavy atom. The fraction of sp³-hybridized carbons (Fsp3) is 0.429. The van der Waals surface area contributed by atoms with Crippen molar-refractivity contribution in [2.45, 2.75) is 13.3 Å². The first-order valence-electron chi connectivity index (χ1n) is 6.33. The third kappa shape index (κ3) is 2.17. The van der Waals surface area contributed by atoms with Crippen LogP contribution >= 0.6 is 11.8 Å². The van der Waals surface area contributed by atoms with E-state index in [0.717, 1.165) is 29.6 Å². The Morgan fingerprint density at radius 3 is 2.67 bits per heavy atom. The Hall–Kier alpha value is -1.29. The molecule has 0 unspecified atom stereocenters. The van der Waals surface area contributed by atoms with Crippen molar-refractivity contribution in [1.82, 2.24) is 0 Å². The van der Waals surface area contributed by atoms with Gasteiger partial charge in [-0.15, -0.1) is 0 Å². The van der Waals surface area contributed by atoms with Crippen LogP contribution in [-0.2, 0) is 4.79 Å². The fourth-order valence-corrected chi connectivity index (χ4v) is 3.07. The topological polar surface area (TPSA) is 32.7 Å². The number of anilines is 1. The third-order valence-electron chi connectivity index (χ3n) is 3.42. The summed E-state index contributed by atoms with van der Waals surface area (Å²) in [5, 5.41) is 0.866. The molecule has 1 fully saturated rings. The van der Waals surface area contributed by atoms with Gasteiger partial charge in [-0.2, -0.15) is 0 Å². The van der Waals surface area contributed by atoms with Crippen LogP contribution in [0.25, 0.3) is 0 Å². The molecule has 1 aliphatic heterocycles. The van der Waals surface area contributed by atoms with Crippen LogP contribution in [0.5, 0.6) is 0 Å². The van der Waals surface area contributed by atoms with E-state index in [2.05, 4.69) is 11.9 Å². The smallest absolute Gasteiger partial charge is 0.236 e. The molecule has 94 valence electrons. The summed E-state index contributed by atoms with van der Waals surface area (Å²) in [7, 11) is 0. The normalized spacial score (nSPS) is 25.7. The number of thioether (sulfide) groups is 1. The number of amidine groups is 1. The van der Waals surface area contributed by atoms with Gasteiger partial charge in [0, 0.05) is 11.7 Å². The highest BCUT2D eigenvalue weighted by atomic mass is 32.2. The molecule has 4 heteroatoms. The second-order valence-corrected chi connectivity index (χ2v) is 5.90. The Balaban J connectivity index is 1.91. The van der Waals surface area contributed by atoms with Gasteiger partial charge < -0.3 is 0 Å². The standard InChI is InChI=1S/C14H16N2OS/c1-10-9-12(10)13(17)16(14-15-7-8-18-14)11-5-3-2-4-6-11/h2-6,10,12H,7-9H2,1H3/t10-,12-/m1/s1. The van der Waals surface area contributed by atoms with E-state index >= 15 is 0 Å². The van der Waals surface area contributed by atoms with Crippen LogP contribution in [0.1, 0.15) is 13.3 Å². The van der Waals surface area contributed by atoms with Crippen LogP contribution in [0.15, 0.2) is 35.3 Å². The maximum Gasteiger partial charge on any atom is 0.236 e. The Bertz CT molecular complexity index is 486. The first kappa shape index (κ1) is 11.8. The quantitative estimate of drug-likeness (QED) is 0.819. The van der Waals surface area contributed by atoms with E-state index in [1.54, 1.807) is 11.8 Å². The molecular formula is C14H16N2OS. The van der Waals surface area contributed by atoms with Gasteiger partial charge >= 0.3 is 0 Å². The summed E-state index contributed by atoms with van der Waals surface area (Å²) in [6.45, 7) is 2.95. The number of para-hydroxylation sites is 1. The number of hydrogen-bond donors (Lipinski definition) is 0. The average molecular weight is 260 g/mol. The summed E-state index contributed by atoms with van der Waals surface area (Å²) in [5.41, 5.74) is 0.940. The maximum absolute atomic E-state index is 12.5. The van der Waals surface area contributed by atoms with Crippen molar-refractivity contribution in [1.29, 1.82) is 0 Å². The number of aliphatic imine (C=N–C) groups is 1. The first-order valence-corrected chi connectivity index (χ1v) is 7.32. The predicted octanol–water partition coefficient (Wildman–Crippen LogP) is 2.78. The third-order valence-corrected chi connectivity index (χ3v) is 4.38. The van der Waals surface area contributed by atoms with E-state index in [4.69, 9.17) is 0 Å². The summed E-state index contributed by atoms with van der Waals surface area (Å²) in [6.07, 6.45) is 1.01. The largest absolute Gasteiger partial charge is 0.274 e. The molecule has 2 aliphatic rings. The Kier molecular flexibility index (Phi) is 3.12. The summed E-state index contributed by atoms with van der Waals surface area (Å²) < 4.78 is 0. The molecule has 1 aliphatic carbocycles. The lowest BCUT2D eigenvalue weighted by molar-refractivity contribution is -0.119. The Morgan fingerprint density at radius 2 is 2.11 bits per heavy atom. The molecule has 1 amide bonds. The summed E-state index contributed by atoms with van der Waals surface area (Å²) in [5.74, 6) is 1.90. The van der Waals surface area contributed by atoms with Gasteiger partial charge in [-0.1, -0.05) is 36.9 Å². The molecule has 2 atom stereocenters. The highest BCUT2D eigenvalue weighted by Gasteiger charge is 2.43. The van der Waals surface area contributed by atoms with Gasteiger partial charge in [0.25, 0.3) is 0 Å². The van der Waals surface area contributed by atoms with Crippen LogP contribution in [0.4, 0.5) is 5.69 Å². The summed E-state index contributed by atoms with van der Waals surface area (Å²) in [4.78, 5) is 18.8. The van der Waals surface area contributed by atoms with Crippen LogP contribution in [0, 0.1) is 11.8 Å².